The van der Waals surface area contributed by atoms with Crippen LogP contribution in [0.4, 0.5) is 11.6 Å². The van der Waals surface area contributed by atoms with E-state index >= 15 is 0 Å². The molecule has 2 saturated heterocycles. The van der Waals surface area contributed by atoms with Crippen molar-refractivity contribution in [1.82, 2.24) is 19.4 Å². The molecule has 8 nitrogen and oxygen atoms in total. The second kappa shape index (κ2) is 9.98. The summed E-state index contributed by atoms with van der Waals surface area (Å²) in [6.07, 6.45) is 9.31. The van der Waals surface area contributed by atoms with Gasteiger partial charge in [-0.2, -0.15) is 4.98 Å². The third kappa shape index (κ3) is 4.34. The fourth-order valence-electron chi connectivity index (χ4n) is 6.46. The molecule has 0 bridgehead atoms. The van der Waals surface area contributed by atoms with Crippen molar-refractivity contribution in [2.45, 2.75) is 76.5 Å². The lowest BCUT2D eigenvalue weighted by Gasteiger charge is -2.39. The maximum absolute atomic E-state index is 14.1. The first-order valence-electron chi connectivity index (χ1n) is 13.9. The molecule has 2 aromatic heterocycles. The highest BCUT2D eigenvalue weighted by atomic mass is 16.3. The van der Waals surface area contributed by atoms with Gasteiger partial charge in [-0.3, -0.25) is 14.3 Å². The molecule has 3 aliphatic rings. The van der Waals surface area contributed by atoms with E-state index in [1.165, 1.54) is 19.4 Å². The zero-order chi connectivity index (χ0) is 24.6. The SMILES string of the molecule is CCCCNc1ncc2c3ccc(N4CCN5CCCC5C4)cc3c(=O)n([C@H]3CC[C@H](O)CC3)c2n1. The van der Waals surface area contributed by atoms with Gasteiger partial charge in [0.05, 0.1) is 11.5 Å². The summed E-state index contributed by atoms with van der Waals surface area (Å²) in [4.78, 5) is 28.6. The molecule has 1 unspecified atom stereocenters. The maximum Gasteiger partial charge on any atom is 0.260 e. The zero-order valence-electron chi connectivity index (χ0n) is 21.3. The Morgan fingerprint density at radius 3 is 2.72 bits per heavy atom. The Morgan fingerprint density at radius 2 is 1.89 bits per heavy atom. The molecule has 1 aromatic carbocycles. The first-order chi connectivity index (χ1) is 17.6. The summed E-state index contributed by atoms with van der Waals surface area (Å²) in [7, 11) is 0. The van der Waals surface area contributed by atoms with E-state index in [1.54, 1.807) is 0 Å². The van der Waals surface area contributed by atoms with Crippen molar-refractivity contribution >= 4 is 33.4 Å². The highest BCUT2D eigenvalue weighted by Gasteiger charge is 2.31. The van der Waals surface area contributed by atoms with Crippen LogP contribution in [0.25, 0.3) is 21.8 Å². The Hall–Kier alpha value is -2.71. The fourth-order valence-corrected chi connectivity index (χ4v) is 6.46. The van der Waals surface area contributed by atoms with E-state index in [4.69, 9.17) is 4.98 Å². The molecule has 1 saturated carbocycles. The molecular weight excluding hydrogens is 452 g/mol. The van der Waals surface area contributed by atoms with Crippen molar-refractivity contribution < 1.29 is 5.11 Å². The summed E-state index contributed by atoms with van der Waals surface area (Å²) in [6, 6.07) is 7.03. The van der Waals surface area contributed by atoms with Gasteiger partial charge in [0.15, 0.2) is 0 Å². The normalized spacial score (nSPS) is 24.9. The van der Waals surface area contributed by atoms with Gasteiger partial charge in [0.25, 0.3) is 5.56 Å². The minimum Gasteiger partial charge on any atom is -0.393 e. The Kier molecular flexibility index (Phi) is 6.56. The third-order valence-electron chi connectivity index (χ3n) is 8.54. The Bertz CT molecular complexity index is 1300. The van der Waals surface area contributed by atoms with Crippen LogP contribution in [0.2, 0.25) is 0 Å². The number of nitrogens with one attached hydrogen (secondary N) is 1. The van der Waals surface area contributed by atoms with E-state index in [0.717, 1.165) is 86.6 Å². The van der Waals surface area contributed by atoms with Crippen LogP contribution in [0, 0.1) is 0 Å². The monoisotopic (exact) mass is 490 g/mol. The number of benzene rings is 1. The van der Waals surface area contributed by atoms with Crippen molar-refractivity contribution in [3.63, 3.8) is 0 Å². The predicted molar refractivity (Wildman–Crippen MR) is 145 cm³/mol. The molecule has 0 spiro atoms. The first-order valence-corrected chi connectivity index (χ1v) is 13.9. The van der Waals surface area contributed by atoms with E-state index in [1.807, 2.05) is 10.8 Å². The van der Waals surface area contributed by atoms with Gasteiger partial charge in [0.1, 0.15) is 5.65 Å². The molecular formula is C28H38N6O2. The van der Waals surface area contributed by atoms with Crippen LogP contribution < -0.4 is 15.8 Å². The number of hydrogen-bond acceptors (Lipinski definition) is 7. The van der Waals surface area contributed by atoms with Gasteiger partial charge in [-0.1, -0.05) is 19.4 Å². The smallest absolute Gasteiger partial charge is 0.260 e. The van der Waals surface area contributed by atoms with Crippen molar-refractivity contribution in [2.75, 3.05) is 42.9 Å². The standard InChI is InChI=1S/C28H38N6O2/c1-2-3-12-29-28-30-17-25-23-11-8-20(33-15-14-32-13-4-5-21(32)18-33)16-24(23)27(36)34(26(25)31-28)19-6-9-22(35)10-7-19/h8,11,16-17,19,21-22,35H,2-7,9-10,12-15,18H2,1H3,(H,29,30,31)/t19-,21?,22-. The number of piperazine rings is 1. The van der Waals surface area contributed by atoms with Gasteiger partial charge in [0.2, 0.25) is 5.95 Å². The van der Waals surface area contributed by atoms with E-state index in [9.17, 15) is 9.90 Å². The summed E-state index contributed by atoms with van der Waals surface area (Å²) in [5.74, 6) is 0.574. The number of aromatic nitrogens is 3. The second-order valence-electron chi connectivity index (χ2n) is 10.9. The lowest BCUT2D eigenvalue weighted by molar-refractivity contribution is 0.111. The van der Waals surface area contributed by atoms with Crippen LogP contribution >= 0.6 is 0 Å². The van der Waals surface area contributed by atoms with E-state index in [0.29, 0.717) is 17.6 Å². The van der Waals surface area contributed by atoms with E-state index in [2.05, 4.69) is 45.2 Å². The van der Waals surface area contributed by atoms with Crippen molar-refractivity contribution in [2.24, 2.45) is 0 Å². The van der Waals surface area contributed by atoms with E-state index < -0.39 is 0 Å². The number of unbranched alkanes of at least 4 members (excludes halogenated alkanes) is 1. The Morgan fingerprint density at radius 1 is 1.03 bits per heavy atom. The average Bonchev–Trinajstić information content (AvgIpc) is 3.38. The quantitative estimate of drug-likeness (QED) is 0.400. The van der Waals surface area contributed by atoms with Crippen LogP contribution in [-0.4, -0.2) is 69.4 Å². The van der Waals surface area contributed by atoms with Crippen LogP contribution in [0.5, 0.6) is 0 Å². The molecule has 8 heteroatoms. The van der Waals surface area contributed by atoms with Crippen LogP contribution in [0.1, 0.15) is 64.3 Å². The van der Waals surface area contributed by atoms with Crippen LogP contribution in [-0.2, 0) is 0 Å². The van der Waals surface area contributed by atoms with Gasteiger partial charge in [-0.15, -0.1) is 0 Å². The van der Waals surface area contributed by atoms with E-state index in [-0.39, 0.29) is 17.7 Å². The molecule has 1 atom stereocenters. The number of aliphatic hydroxyl groups excluding tert-OH is 1. The lowest BCUT2D eigenvalue weighted by atomic mass is 9.92. The maximum atomic E-state index is 14.1. The molecule has 2 N–H and O–H groups in total. The van der Waals surface area contributed by atoms with Crippen LogP contribution in [0.3, 0.4) is 0 Å². The van der Waals surface area contributed by atoms with Gasteiger partial charge < -0.3 is 15.3 Å². The third-order valence-corrected chi connectivity index (χ3v) is 8.54. The van der Waals surface area contributed by atoms with Crippen molar-refractivity contribution in [1.29, 1.82) is 0 Å². The summed E-state index contributed by atoms with van der Waals surface area (Å²) in [6.45, 7) is 7.32. The van der Waals surface area contributed by atoms with Gasteiger partial charge >= 0.3 is 0 Å². The minimum absolute atomic E-state index is 0.0263. The molecule has 4 heterocycles. The second-order valence-corrected chi connectivity index (χ2v) is 10.9. The molecule has 6 rings (SSSR count). The zero-order valence-corrected chi connectivity index (χ0v) is 21.3. The number of rotatable bonds is 6. The number of anilines is 2. The molecule has 0 amide bonds. The number of aliphatic hydroxyl groups is 1. The van der Waals surface area contributed by atoms with Crippen molar-refractivity contribution in [3.8, 4) is 0 Å². The molecule has 3 fully saturated rings. The largest absolute Gasteiger partial charge is 0.393 e. The fraction of sp³-hybridized carbons (Fsp3) is 0.607. The number of pyridine rings is 1. The number of nitrogens with zero attached hydrogens (tertiary/aromatic N) is 5. The Balaban J connectivity index is 1.44. The topological polar surface area (TPSA) is 86.5 Å². The lowest BCUT2D eigenvalue weighted by Crippen LogP contribution is -2.50. The van der Waals surface area contributed by atoms with Gasteiger partial charge in [0, 0.05) is 55.5 Å². The molecule has 1 aliphatic carbocycles. The molecule has 2 aliphatic heterocycles. The molecule has 192 valence electrons. The summed E-state index contributed by atoms with van der Waals surface area (Å²) >= 11 is 0. The first kappa shape index (κ1) is 23.7. The highest BCUT2D eigenvalue weighted by molar-refractivity contribution is 6.05. The van der Waals surface area contributed by atoms with Crippen LogP contribution in [0.15, 0.2) is 29.2 Å². The van der Waals surface area contributed by atoms with Gasteiger partial charge in [-0.25, -0.2) is 4.98 Å². The average molecular weight is 491 g/mol. The highest BCUT2D eigenvalue weighted by Crippen LogP contribution is 2.33. The summed E-state index contributed by atoms with van der Waals surface area (Å²) in [5, 5.41) is 16.0. The number of fused-ring (bicyclic) bond motifs is 4. The number of hydrogen-bond donors (Lipinski definition) is 2. The molecule has 0 radical (unpaired) electrons. The van der Waals surface area contributed by atoms with Gasteiger partial charge in [-0.05, 0) is 69.0 Å². The Labute approximate surface area is 212 Å². The molecule has 3 aromatic rings. The summed E-state index contributed by atoms with van der Waals surface area (Å²) < 4.78 is 1.91. The summed E-state index contributed by atoms with van der Waals surface area (Å²) in [5.41, 5.74) is 1.86. The molecule has 36 heavy (non-hydrogen) atoms. The predicted octanol–water partition coefficient (Wildman–Crippen LogP) is 3.92. The minimum atomic E-state index is -0.273. The van der Waals surface area contributed by atoms with Crippen molar-refractivity contribution in [3.05, 3.63) is 34.7 Å².